The van der Waals surface area contributed by atoms with Crippen LogP contribution < -0.4 is 5.73 Å². The van der Waals surface area contributed by atoms with Crippen molar-refractivity contribution in [2.75, 3.05) is 6.61 Å². The third-order valence-electron chi connectivity index (χ3n) is 1.83. The Morgan fingerprint density at radius 3 is 2.77 bits per heavy atom. The smallest absolute Gasteiger partial charge is 0.120 e. The lowest BCUT2D eigenvalue weighted by Crippen LogP contribution is -2.12. The molecule has 1 rings (SSSR count). The molecule has 0 unspecified atom stereocenters. The number of aliphatic hydroxyl groups excluding tert-OH is 1. The molecule has 13 heavy (non-hydrogen) atoms. The molecule has 0 heterocycles. The summed E-state index contributed by atoms with van der Waals surface area (Å²) in [5.41, 5.74) is 6.39. The molecule has 0 aromatic heterocycles. The third-order valence-corrected chi connectivity index (χ3v) is 2.32. The molecule has 0 fully saturated rings. The van der Waals surface area contributed by atoms with Gasteiger partial charge in [-0.2, -0.15) is 0 Å². The van der Waals surface area contributed by atoms with Crippen molar-refractivity contribution >= 4 is 15.9 Å². The largest absolute Gasteiger partial charge is 0.508 e. The van der Waals surface area contributed by atoms with E-state index in [-0.39, 0.29) is 18.4 Å². The van der Waals surface area contributed by atoms with Gasteiger partial charge in [-0.05, 0) is 24.6 Å². The van der Waals surface area contributed by atoms with Gasteiger partial charge in [0.25, 0.3) is 0 Å². The molecule has 1 aromatic carbocycles. The maximum absolute atomic E-state index is 9.45. The first kappa shape index (κ1) is 10.5. The molecule has 1 aromatic rings. The summed E-state index contributed by atoms with van der Waals surface area (Å²) >= 11 is 3.29. The molecule has 0 aliphatic heterocycles. The summed E-state index contributed by atoms with van der Waals surface area (Å²) < 4.78 is 0.869. The molecular formula is C9H12BrNO2. The molecule has 0 aliphatic rings. The van der Waals surface area contributed by atoms with Gasteiger partial charge in [0.05, 0.1) is 0 Å². The number of aliphatic hydroxyl groups is 1. The number of phenolic OH excluding ortho intramolecular Hbond substituents is 1. The average Bonchev–Trinajstić information content (AvgIpc) is 2.09. The molecular weight excluding hydrogens is 234 g/mol. The van der Waals surface area contributed by atoms with Crippen molar-refractivity contribution in [2.45, 2.75) is 12.5 Å². The second-order valence-electron chi connectivity index (χ2n) is 2.82. The minimum absolute atomic E-state index is 0.0210. The highest BCUT2D eigenvalue weighted by Crippen LogP contribution is 2.27. The predicted octanol–water partition coefficient (Wildman–Crippen LogP) is 1.54. The zero-order chi connectivity index (χ0) is 9.84. The molecule has 4 heteroatoms. The lowest BCUT2D eigenvalue weighted by molar-refractivity contribution is 0.275. The second-order valence-corrected chi connectivity index (χ2v) is 3.74. The molecule has 0 bridgehead atoms. The van der Waals surface area contributed by atoms with E-state index in [0.717, 1.165) is 4.47 Å². The van der Waals surface area contributed by atoms with Gasteiger partial charge < -0.3 is 15.9 Å². The summed E-state index contributed by atoms with van der Waals surface area (Å²) in [6.45, 7) is 0.0210. The van der Waals surface area contributed by atoms with Gasteiger partial charge in [-0.15, -0.1) is 0 Å². The fraction of sp³-hybridized carbons (Fsp3) is 0.333. The molecule has 72 valence electrons. The maximum Gasteiger partial charge on any atom is 0.120 e. The first-order valence-corrected chi connectivity index (χ1v) is 4.79. The van der Waals surface area contributed by atoms with Crippen molar-refractivity contribution in [3.8, 4) is 5.75 Å². The first-order chi connectivity index (χ1) is 6.15. The van der Waals surface area contributed by atoms with Crippen LogP contribution in [-0.4, -0.2) is 16.8 Å². The van der Waals surface area contributed by atoms with E-state index in [2.05, 4.69) is 15.9 Å². The van der Waals surface area contributed by atoms with Crippen LogP contribution in [0.15, 0.2) is 22.7 Å². The van der Waals surface area contributed by atoms with Crippen LogP contribution in [-0.2, 0) is 0 Å². The van der Waals surface area contributed by atoms with Crippen LogP contribution in [0, 0.1) is 0 Å². The Morgan fingerprint density at radius 2 is 2.15 bits per heavy atom. The van der Waals surface area contributed by atoms with Crippen molar-refractivity contribution in [1.82, 2.24) is 0 Å². The standard InChI is InChI=1S/C9H12BrNO2/c10-6-1-2-9(13)7(5-6)8(11)3-4-12/h1-2,5,8,12-13H,3-4,11H2/t8-/m1/s1. The Balaban J connectivity index is 2.91. The fourth-order valence-corrected chi connectivity index (χ4v) is 1.50. The zero-order valence-corrected chi connectivity index (χ0v) is 8.66. The minimum Gasteiger partial charge on any atom is -0.508 e. The van der Waals surface area contributed by atoms with E-state index < -0.39 is 0 Å². The molecule has 3 nitrogen and oxygen atoms in total. The van der Waals surface area contributed by atoms with Crippen molar-refractivity contribution in [3.63, 3.8) is 0 Å². The number of hydrogen-bond acceptors (Lipinski definition) is 3. The van der Waals surface area contributed by atoms with Crippen LogP contribution in [0.5, 0.6) is 5.75 Å². The van der Waals surface area contributed by atoms with Crippen LogP contribution in [0.25, 0.3) is 0 Å². The second kappa shape index (κ2) is 4.60. The number of phenols is 1. The Labute approximate surface area is 85.3 Å². The molecule has 0 spiro atoms. The van der Waals surface area contributed by atoms with E-state index in [1.165, 1.54) is 0 Å². The highest BCUT2D eigenvalue weighted by molar-refractivity contribution is 9.10. The third kappa shape index (κ3) is 2.69. The van der Waals surface area contributed by atoms with E-state index in [9.17, 15) is 5.11 Å². The van der Waals surface area contributed by atoms with E-state index in [4.69, 9.17) is 10.8 Å². The van der Waals surface area contributed by atoms with Crippen molar-refractivity contribution in [3.05, 3.63) is 28.2 Å². The van der Waals surface area contributed by atoms with Crippen LogP contribution in [0.3, 0.4) is 0 Å². The van der Waals surface area contributed by atoms with Crippen molar-refractivity contribution in [1.29, 1.82) is 0 Å². The SMILES string of the molecule is N[C@H](CCO)c1cc(Br)ccc1O. The lowest BCUT2D eigenvalue weighted by Gasteiger charge is -2.12. The molecule has 0 saturated carbocycles. The first-order valence-electron chi connectivity index (χ1n) is 4.00. The predicted molar refractivity (Wildman–Crippen MR) is 54.4 cm³/mol. The molecule has 0 aliphatic carbocycles. The van der Waals surface area contributed by atoms with Gasteiger partial charge in [0.1, 0.15) is 5.75 Å². The Morgan fingerprint density at radius 1 is 1.46 bits per heavy atom. The van der Waals surface area contributed by atoms with Gasteiger partial charge in [-0.3, -0.25) is 0 Å². The van der Waals surface area contributed by atoms with Crippen LogP contribution in [0.1, 0.15) is 18.0 Å². The van der Waals surface area contributed by atoms with E-state index in [1.54, 1.807) is 18.2 Å². The van der Waals surface area contributed by atoms with E-state index >= 15 is 0 Å². The van der Waals surface area contributed by atoms with Gasteiger partial charge >= 0.3 is 0 Å². The van der Waals surface area contributed by atoms with Crippen LogP contribution >= 0.6 is 15.9 Å². The number of rotatable bonds is 3. The van der Waals surface area contributed by atoms with Crippen LogP contribution in [0.2, 0.25) is 0 Å². The fourth-order valence-electron chi connectivity index (χ4n) is 1.12. The number of aromatic hydroxyl groups is 1. The summed E-state index contributed by atoms with van der Waals surface area (Å²) in [5.74, 6) is 0.171. The summed E-state index contributed by atoms with van der Waals surface area (Å²) in [5, 5.41) is 18.1. The monoisotopic (exact) mass is 245 g/mol. The molecule has 0 radical (unpaired) electrons. The number of hydrogen-bond donors (Lipinski definition) is 3. The Bertz CT molecular complexity index is 291. The Hall–Kier alpha value is -0.580. The number of halogens is 1. The average molecular weight is 246 g/mol. The molecule has 1 atom stereocenters. The molecule has 0 saturated heterocycles. The van der Waals surface area contributed by atoms with E-state index in [0.29, 0.717) is 12.0 Å². The Kier molecular flexibility index (Phi) is 3.71. The van der Waals surface area contributed by atoms with Crippen LogP contribution in [0.4, 0.5) is 0 Å². The zero-order valence-electron chi connectivity index (χ0n) is 7.07. The quantitative estimate of drug-likeness (QED) is 0.757. The number of nitrogens with two attached hydrogens (primary N) is 1. The highest BCUT2D eigenvalue weighted by atomic mass is 79.9. The summed E-state index contributed by atoms with van der Waals surface area (Å²) in [4.78, 5) is 0. The van der Waals surface area contributed by atoms with E-state index in [1.807, 2.05) is 0 Å². The van der Waals surface area contributed by atoms with Gasteiger partial charge in [0, 0.05) is 22.7 Å². The minimum atomic E-state index is -0.317. The van der Waals surface area contributed by atoms with Gasteiger partial charge in [0.15, 0.2) is 0 Å². The van der Waals surface area contributed by atoms with Gasteiger partial charge in [0.2, 0.25) is 0 Å². The van der Waals surface area contributed by atoms with Crippen molar-refractivity contribution < 1.29 is 10.2 Å². The van der Waals surface area contributed by atoms with Crippen molar-refractivity contribution in [2.24, 2.45) is 5.73 Å². The van der Waals surface area contributed by atoms with Gasteiger partial charge in [-0.25, -0.2) is 0 Å². The summed E-state index contributed by atoms with van der Waals surface area (Å²) in [6, 6.07) is 4.76. The topological polar surface area (TPSA) is 66.5 Å². The lowest BCUT2D eigenvalue weighted by atomic mass is 10.0. The summed E-state index contributed by atoms with van der Waals surface area (Å²) in [7, 11) is 0. The summed E-state index contributed by atoms with van der Waals surface area (Å²) in [6.07, 6.45) is 0.448. The number of benzene rings is 1. The maximum atomic E-state index is 9.45. The normalized spacial score (nSPS) is 12.8. The molecule has 0 amide bonds. The molecule has 4 N–H and O–H groups in total. The van der Waals surface area contributed by atoms with Gasteiger partial charge in [-0.1, -0.05) is 15.9 Å². The highest BCUT2D eigenvalue weighted by Gasteiger charge is 2.10.